The Hall–Kier alpha value is -1.29. The lowest BCUT2D eigenvalue weighted by Crippen LogP contribution is -2.28. The van der Waals surface area contributed by atoms with E-state index in [4.69, 9.17) is 0 Å². The molecule has 1 atom stereocenters. The number of aryl methyl sites for hydroxylation is 1. The Kier molecular flexibility index (Phi) is 5.09. The van der Waals surface area contributed by atoms with Crippen molar-refractivity contribution >= 4 is 21.4 Å². The molecule has 2 aromatic rings. The number of sulfonamides is 1. The van der Waals surface area contributed by atoms with E-state index in [1.54, 1.807) is 20.2 Å². The number of aromatic amines is 1. The standard InChI is InChI=1S/C12H19N5O2S2/c1-4-10-7-14-11(20-10)8(2)17-21(18,19)12-9(5-13-3)6-15-16-12/h6-8,13,17H,4-5H2,1-3H3,(H,15,16). The highest BCUT2D eigenvalue weighted by molar-refractivity contribution is 7.89. The molecule has 0 saturated heterocycles. The molecule has 0 aliphatic heterocycles. The summed E-state index contributed by atoms with van der Waals surface area (Å²) in [5, 5.41) is 10.1. The Bertz CT molecular complexity index is 692. The molecule has 21 heavy (non-hydrogen) atoms. The second kappa shape index (κ2) is 6.65. The van der Waals surface area contributed by atoms with Gasteiger partial charge in [0.2, 0.25) is 0 Å². The van der Waals surface area contributed by atoms with Crippen LogP contribution in [0, 0.1) is 0 Å². The van der Waals surface area contributed by atoms with Crippen LogP contribution in [0.5, 0.6) is 0 Å². The fraction of sp³-hybridized carbons (Fsp3) is 0.500. The molecule has 0 radical (unpaired) electrons. The predicted molar refractivity (Wildman–Crippen MR) is 81.6 cm³/mol. The van der Waals surface area contributed by atoms with Gasteiger partial charge in [0, 0.05) is 23.2 Å². The highest BCUT2D eigenvalue weighted by Crippen LogP contribution is 2.22. The number of hydrogen-bond acceptors (Lipinski definition) is 6. The zero-order valence-electron chi connectivity index (χ0n) is 12.2. The predicted octanol–water partition coefficient (Wildman–Crippen LogP) is 1.19. The van der Waals surface area contributed by atoms with E-state index < -0.39 is 10.0 Å². The molecule has 0 aromatic carbocycles. The van der Waals surface area contributed by atoms with Gasteiger partial charge in [0.05, 0.1) is 12.2 Å². The molecule has 7 nitrogen and oxygen atoms in total. The Balaban J connectivity index is 2.18. The largest absolute Gasteiger partial charge is 0.316 e. The molecular formula is C12H19N5O2S2. The van der Waals surface area contributed by atoms with Crippen molar-refractivity contribution in [2.45, 2.75) is 37.9 Å². The van der Waals surface area contributed by atoms with E-state index in [-0.39, 0.29) is 11.1 Å². The van der Waals surface area contributed by atoms with Crippen molar-refractivity contribution in [3.63, 3.8) is 0 Å². The van der Waals surface area contributed by atoms with Gasteiger partial charge in [-0.1, -0.05) is 6.92 Å². The molecule has 0 spiro atoms. The lowest BCUT2D eigenvalue weighted by Gasteiger charge is -2.11. The number of rotatable bonds is 7. The first-order valence-corrected chi connectivity index (χ1v) is 8.91. The van der Waals surface area contributed by atoms with Gasteiger partial charge in [0.15, 0.2) is 5.03 Å². The number of hydrogen-bond donors (Lipinski definition) is 3. The van der Waals surface area contributed by atoms with Crippen LogP contribution >= 0.6 is 11.3 Å². The Morgan fingerprint density at radius 2 is 2.19 bits per heavy atom. The maximum atomic E-state index is 12.4. The van der Waals surface area contributed by atoms with Crippen LogP contribution in [0.4, 0.5) is 0 Å². The summed E-state index contributed by atoms with van der Waals surface area (Å²) in [6.07, 6.45) is 4.19. The second-order valence-corrected chi connectivity index (χ2v) is 7.41. The molecule has 0 saturated carbocycles. The van der Waals surface area contributed by atoms with Gasteiger partial charge in [-0.2, -0.15) is 5.10 Å². The van der Waals surface area contributed by atoms with E-state index in [2.05, 4.69) is 25.2 Å². The summed E-state index contributed by atoms with van der Waals surface area (Å²) < 4.78 is 27.5. The summed E-state index contributed by atoms with van der Waals surface area (Å²) in [6, 6.07) is -0.383. The van der Waals surface area contributed by atoms with E-state index >= 15 is 0 Å². The molecule has 2 rings (SSSR count). The van der Waals surface area contributed by atoms with Crippen molar-refractivity contribution in [1.29, 1.82) is 0 Å². The molecule has 0 aliphatic rings. The average molecular weight is 329 g/mol. The number of H-pyrrole nitrogens is 1. The number of nitrogens with zero attached hydrogens (tertiary/aromatic N) is 2. The van der Waals surface area contributed by atoms with E-state index in [1.807, 2.05) is 6.92 Å². The highest BCUT2D eigenvalue weighted by Gasteiger charge is 2.24. The smallest absolute Gasteiger partial charge is 0.258 e. The van der Waals surface area contributed by atoms with Crippen LogP contribution in [0.3, 0.4) is 0 Å². The minimum Gasteiger partial charge on any atom is -0.316 e. The summed E-state index contributed by atoms with van der Waals surface area (Å²) >= 11 is 1.52. The lowest BCUT2D eigenvalue weighted by atomic mass is 10.4. The first-order valence-electron chi connectivity index (χ1n) is 6.61. The molecule has 2 aromatic heterocycles. The monoisotopic (exact) mass is 329 g/mol. The van der Waals surface area contributed by atoms with Crippen molar-refractivity contribution in [3.05, 3.63) is 27.8 Å². The molecule has 1 unspecified atom stereocenters. The van der Waals surface area contributed by atoms with Gasteiger partial charge in [-0.05, 0) is 20.4 Å². The summed E-state index contributed by atoms with van der Waals surface area (Å²) in [7, 11) is -1.90. The van der Waals surface area contributed by atoms with Gasteiger partial charge in [-0.3, -0.25) is 5.10 Å². The van der Waals surface area contributed by atoms with Crippen molar-refractivity contribution < 1.29 is 8.42 Å². The normalized spacial score (nSPS) is 13.5. The quantitative estimate of drug-likeness (QED) is 0.708. The van der Waals surface area contributed by atoms with Crippen molar-refractivity contribution in [1.82, 2.24) is 25.2 Å². The van der Waals surface area contributed by atoms with Crippen LogP contribution in [-0.4, -0.2) is 30.6 Å². The minimum absolute atomic E-state index is 0.0935. The molecule has 3 N–H and O–H groups in total. The van der Waals surface area contributed by atoms with Crippen LogP contribution in [-0.2, 0) is 23.0 Å². The third-order valence-electron chi connectivity index (χ3n) is 2.94. The Labute approximate surface area is 128 Å². The molecule has 116 valence electrons. The summed E-state index contributed by atoms with van der Waals surface area (Å²) in [4.78, 5) is 5.40. The van der Waals surface area contributed by atoms with E-state index in [1.165, 1.54) is 17.5 Å². The molecular weight excluding hydrogens is 310 g/mol. The second-order valence-electron chi connectivity index (χ2n) is 4.62. The molecule has 2 heterocycles. The van der Waals surface area contributed by atoms with Gasteiger partial charge >= 0.3 is 0 Å². The van der Waals surface area contributed by atoms with Crippen LogP contribution in [0.25, 0.3) is 0 Å². The van der Waals surface area contributed by atoms with Gasteiger partial charge < -0.3 is 5.32 Å². The first-order chi connectivity index (χ1) is 9.97. The molecule has 0 amide bonds. The molecule has 0 aliphatic carbocycles. The number of thiazole rings is 1. The summed E-state index contributed by atoms with van der Waals surface area (Å²) in [5.41, 5.74) is 0.602. The van der Waals surface area contributed by atoms with Gasteiger partial charge in [0.1, 0.15) is 5.01 Å². The van der Waals surface area contributed by atoms with E-state index in [0.29, 0.717) is 12.1 Å². The van der Waals surface area contributed by atoms with E-state index in [9.17, 15) is 8.42 Å². The van der Waals surface area contributed by atoms with Crippen LogP contribution in [0.15, 0.2) is 17.4 Å². The fourth-order valence-corrected chi connectivity index (χ4v) is 4.15. The Morgan fingerprint density at radius 1 is 1.43 bits per heavy atom. The first kappa shape index (κ1) is 16.1. The average Bonchev–Trinajstić information content (AvgIpc) is 3.07. The third-order valence-corrected chi connectivity index (χ3v) is 5.82. The van der Waals surface area contributed by atoms with Crippen molar-refractivity contribution in [2.75, 3.05) is 7.05 Å². The van der Waals surface area contributed by atoms with E-state index in [0.717, 1.165) is 16.3 Å². The summed E-state index contributed by atoms with van der Waals surface area (Å²) in [5.74, 6) is 0. The highest BCUT2D eigenvalue weighted by atomic mass is 32.2. The molecule has 9 heteroatoms. The summed E-state index contributed by atoms with van der Waals surface area (Å²) in [6.45, 7) is 4.25. The SMILES string of the molecule is CCc1cnc(C(C)NS(=O)(=O)c2[nH]ncc2CNC)s1. The van der Waals surface area contributed by atoms with Crippen LogP contribution < -0.4 is 10.0 Å². The van der Waals surface area contributed by atoms with Crippen molar-refractivity contribution in [3.8, 4) is 0 Å². The topological polar surface area (TPSA) is 99.8 Å². The Morgan fingerprint density at radius 3 is 2.81 bits per heavy atom. The van der Waals surface area contributed by atoms with Gasteiger partial charge in [-0.25, -0.2) is 18.1 Å². The molecule has 0 fully saturated rings. The third kappa shape index (κ3) is 3.67. The number of nitrogens with one attached hydrogen (secondary N) is 3. The van der Waals surface area contributed by atoms with Crippen LogP contribution in [0.1, 0.15) is 35.3 Å². The fourth-order valence-electron chi connectivity index (χ4n) is 1.88. The van der Waals surface area contributed by atoms with Crippen molar-refractivity contribution in [2.24, 2.45) is 0 Å². The molecule has 0 bridgehead atoms. The van der Waals surface area contributed by atoms with Gasteiger partial charge in [-0.15, -0.1) is 11.3 Å². The maximum absolute atomic E-state index is 12.4. The lowest BCUT2D eigenvalue weighted by molar-refractivity contribution is 0.560. The number of aromatic nitrogens is 3. The maximum Gasteiger partial charge on any atom is 0.258 e. The zero-order valence-corrected chi connectivity index (χ0v) is 13.8. The zero-order chi connectivity index (χ0) is 15.5. The minimum atomic E-state index is -3.66. The van der Waals surface area contributed by atoms with Crippen LogP contribution in [0.2, 0.25) is 0 Å². The van der Waals surface area contributed by atoms with Gasteiger partial charge in [0.25, 0.3) is 10.0 Å².